The number of hydrogen-bond acceptors (Lipinski definition) is 5. The molecule has 1 aliphatic carbocycles. The highest BCUT2D eigenvalue weighted by Gasteiger charge is 2.44. The second kappa shape index (κ2) is 8.60. The van der Waals surface area contributed by atoms with Crippen LogP contribution in [-0.4, -0.2) is 26.2 Å². The molecular formula is C22H27NO4S2. The van der Waals surface area contributed by atoms with Crippen molar-refractivity contribution in [1.82, 2.24) is 4.72 Å². The van der Waals surface area contributed by atoms with Crippen LogP contribution in [0.15, 0.2) is 41.1 Å². The number of ketones is 1. The number of hydrogen-bond donors (Lipinski definition) is 2. The summed E-state index contributed by atoms with van der Waals surface area (Å²) < 4.78 is 15.8. The molecule has 2 N–H and O–H groups in total. The lowest BCUT2D eigenvalue weighted by Crippen LogP contribution is -2.53. The largest absolute Gasteiger partial charge is 0.598 e. The molecule has 5 nitrogen and oxygen atoms in total. The van der Waals surface area contributed by atoms with Crippen LogP contribution >= 0.6 is 11.3 Å². The lowest BCUT2D eigenvalue weighted by Gasteiger charge is -2.37. The van der Waals surface area contributed by atoms with Gasteiger partial charge in [0.05, 0.1) is 0 Å². The molecule has 0 saturated heterocycles. The molecule has 1 aliphatic rings. The molecule has 0 bridgehead atoms. The molecule has 2 unspecified atom stereocenters. The zero-order valence-electron chi connectivity index (χ0n) is 16.9. The standard InChI is InChI=1S/C22H27NO4S2/c1-21(2,3)29(27)23-22(18-10-11-28-14-18,13-19(24)12-20(25)26)17-8-6-16(7-9-17)15-4-5-15/h6-11,14-15,23H,4-5,12-13H2,1-3H3,(H,25,26). The molecule has 2 atom stereocenters. The zero-order chi connectivity index (χ0) is 21.2. The van der Waals surface area contributed by atoms with Gasteiger partial charge in [0.2, 0.25) is 0 Å². The summed E-state index contributed by atoms with van der Waals surface area (Å²) >= 11 is 0.0204. The molecule has 0 spiro atoms. The van der Waals surface area contributed by atoms with E-state index in [1.165, 1.54) is 29.7 Å². The van der Waals surface area contributed by atoms with Gasteiger partial charge in [-0.05, 0) is 73.0 Å². The molecule has 1 aromatic heterocycles. The fourth-order valence-corrected chi connectivity index (χ4v) is 4.99. The first-order chi connectivity index (χ1) is 13.6. The van der Waals surface area contributed by atoms with Gasteiger partial charge in [-0.15, -0.1) is 4.72 Å². The maximum atomic E-state index is 13.1. The van der Waals surface area contributed by atoms with E-state index in [0.29, 0.717) is 5.92 Å². The summed E-state index contributed by atoms with van der Waals surface area (Å²) in [5.41, 5.74) is 1.85. The fourth-order valence-electron chi connectivity index (χ4n) is 3.33. The maximum Gasteiger partial charge on any atom is 0.310 e. The van der Waals surface area contributed by atoms with E-state index in [4.69, 9.17) is 5.11 Å². The SMILES string of the molecule is CC(C)(C)[S+]([O-])NC(CC(=O)CC(=O)O)(c1ccc(C2CC2)cc1)c1ccsc1. The van der Waals surface area contributed by atoms with Gasteiger partial charge in [-0.3, -0.25) is 9.59 Å². The van der Waals surface area contributed by atoms with Gasteiger partial charge in [-0.25, -0.2) is 0 Å². The van der Waals surface area contributed by atoms with Crippen molar-refractivity contribution in [2.45, 2.75) is 62.7 Å². The molecule has 1 fully saturated rings. The van der Waals surface area contributed by atoms with E-state index in [9.17, 15) is 14.1 Å². The van der Waals surface area contributed by atoms with Gasteiger partial charge in [0.1, 0.15) is 22.5 Å². The first kappa shape index (κ1) is 22.0. The number of thiophene rings is 1. The number of carbonyl (C=O) groups is 2. The molecule has 1 aromatic carbocycles. The number of nitrogens with one attached hydrogen (secondary N) is 1. The molecule has 2 aromatic rings. The number of aliphatic carboxylic acids is 1. The van der Waals surface area contributed by atoms with Crippen molar-refractivity contribution >= 4 is 34.5 Å². The third-order valence-corrected chi connectivity index (χ3v) is 7.43. The first-order valence-electron chi connectivity index (χ1n) is 9.68. The van der Waals surface area contributed by atoms with Gasteiger partial charge in [0.25, 0.3) is 0 Å². The number of benzene rings is 1. The normalized spacial score (nSPS) is 17.5. The molecule has 29 heavy (non-hydrogen) atoms. The van der Waals surface area contributed by atoms with Crippen LogP contribution in [0.1, 0.15) is 69.1 Å². The Morgan fingerprint density at radius 1 is 1.17 bits per heavy atom. The van der Waals surface area contributed by atoms with Crippen LogP contribution in [0, 0.1) is 0 Å². The average molecular weight is 434 g/mol. The van der Waals surface area contributed by atoms with Crippen molar-refractivity contribution in [1.29, 1.82) is 0 Å². The van der Waals surface area contributed by atoms with Crippen molar-refractivity contribution in [2.75, 3.05) is 0 Å². The minimum absolute atomic E-state index is 0.0827. The van der Waals surface area contributed by atoms with Crippen molar-refractivity contribution in [3.05, 3.63) is 57.8 Å². The van der Waals surface area contributed by atoms with Crippen molar-refractivity contribution in [2.24, 2.45) is 0 Å². The molecule has 3 rings (SSSR count). The summed E-state index contributed by atoms with van der Waals surface area (Å²) in [7, 11) is 0. The smallest absolute Gasteiger partial charge is 0.310 e. The number of Topliss-reactive ketones (excluding diaryl/α,β-unsaturated/α-hetero) is 1. The average Bonchev–Trinajstić information content (AvgIpc) is 3.33. The van der Waals surface area contributed by atoms with E-state index in [0.717, 1.165) is 11.1 Å². The number of carboxylic acids is 1. The van der Waals surface area contributed by atoms with Gasteiger partial charge in [-0.2, -0.15) is 11.3 Å². The molecule has 1 heterocycles. The molecule has 1 saturated carbocycles. The van der Waals surface area contributed by atoms with Crippen LogP contribution in [0.3, 0.4) is 0 Å². The molecule has 0 amide bonds. The number of carboxylic acid groups (broad SMARTS) is 1. The highest BCUT2D eigenvalue weighted by atomic mass is 32.2. The van der Waals surface area contributed by atoms with Gasteiger partial charge in [0, 0.05) is 17.8 Å². The van der Waals surface area contributed by atoms with E-state index in [1.54, 1.807) is 0 Å². The van der Waals surface area contributed by atoms with E-state index >= 15 is 0 Å². The van der Waals surface area contributed by atoms with Crippen molar-refractivity contribution in [3.63, 3.8) is 0 Å². The van der Waals surface area contributed by atoms with Crippen molar-refractivity contribution < 1.29 is 19.2 Å². The Bertz CT molecular complexity index is 854. The molecule has 156 valence electrons. The lowest BCUT2D eigenvalue weighted by atomic mass is 9.80. The summed E-state index contributed by atoms with van der Waals surface area (Å²) in [6, 6.07) is 9.99. The topological polar surface area (TPSA) is 89.5 Å². The second-order valence-corrected chi connectivity index (χ2v) is 11.3. The van der Waals surface area contributed by atoms with Crippen LogP contribution in [0.5, 0.6) is 0 Å². The van der Waals surface area contributed by atoms with Gasteiger partial charge in [0.15, 0.2) is 0 Å². The zero-order valence-corrected chi connectivity index (χ0v) is 18.6. The Labute approximate surface area is 178 Å². The highest BCUT2D eigenvalue weighted by Crippen LogP contribution is 2.42. The Hall–Kier alpha value is -1.67. The van der Waals surface area contributed by atoms with Gasteiger partial charge >= 0.3 is 5.97 Å². The van der Waals surface area contributed by atoms with Crippen LogP contribution in [-0.2, 0) is 26.5 Å². The number of carbonyl (C=O) groups excluding carboxylic acids is 1. The van der Waals surface area contributed by atoms with Crippen LogP contribution in [0.4, 0.5) is 0 Å². The summed E-state index contributed by atoms with van der Waals surface area (Å²) in [5.74, 6) is -0.964. The summed E-state index contributed by atoms with van der Waals surface area (Å²) in [4.78, 5) is 23.8. The Balaban J connectivity index is 2.07. The number of rotatable bonds is 9. The Morgan fingerprint density at radius 3 is 2.31 bits per heavy atom. The molecular weight excluding hydrogens is 406 g/mol. The maximum absolute atomic E-state index is 13.1. The van der Waals surface area contributed by atoms with Gasteiger partial charge < -0.3 is 9.66 Å². The fraction of sp³-hybridized carbons (Fsp3) is 0.455. The van der Waals surface area contributed by atoms with Crippen LogP contribution < -0.4 is 4.72 Å². The predicted octanol–water partition coefficient (Wildman–Crippen LogP) is 4.35. The van der Waals surface area contributed by atoms with Crippen LogP contribution in [0.25, 0.3) is 0 Å². The first-order valence-corrected chi connectivity index (χ1v) is 11.8. The highest BCUT2D eigenvalue weighted by molar-refractivity contribution is 7.90. The molecule has 0 radical (unpaired) electrons. The quantitative estimate of drug-likeness (QED) is 0.453. The molecule has 0 aliphatic heterocycles. The monoisotopic (exact) mass is 433 g/mol. The second-order valence-electron chi connectivity index (χ2n) is 8.58. The van der Waals surface area contributed by atoms with E-state index in [-0.39, 0.29) is 6.42 Å². The van der Waals surface area contributed by atoms with E-state index in [1.807, 2.05) is 49.7 Å². The minimum atomic E-state index is -1.47. The van der Waals surface area contributed by atoms with Crippen LogP contribution in [0.2, 0.25) is 0 Å². The van der Waals surface area contributed by atoms with Crippen molar-refractivity contribution in [3.8, 4) is 0 Å². The van der Waals surface area contributed by atoms with Gasteiger partial charge in [-0.1, -0.05) is 24.3 Å². The summed E-state index contributed by atoms with van der Waals surface area (Å²) in [6.07, 6.45) is 1.74. The summed E-state index contributed by atoms with van der Waals surface area (Å²) in [6.45, 7) is 5.59. The predicted molar refractivity (Wildman–Crippen MR) is 116 cm³/mol. The van der Waals surface area contributed by atoms with E-state index in [2.05, 4.69) is 16.9 Å². The summed E-state index contributed by atoms with van der Waals surface area (Å²) in [5, 5.41) is 12.9. The van der Waals surface area contributed by atoms with E-state index < -0.39 is 39.8 Å². The molecule has 7 heteroatoms. The Kier molecular flexibility index (Phi) is 6.53. The third kappa shape index (κ3) is 5.28. The lowest BCUT2D eigenvalue weighted by molar-refractivity contribution is -0.140. The minimum Gasteiger partial charge on any atom is -0.598 e. The third-order valence-electron chi connectivity index (χ3n) is 5.10. The Morgan fingerprint density at radius 2 is 1.83 bits per heavy atom.